The molecule has 84 valence electrons. The first-order chi connectivity index (χ1) is 6.88. The Labute approximate surface area is 100 Å². The maximum absolute atomic E-state index is 9.52. The van der Waals surface area contributed by atoms with Gasteiger partial charge >= 0.3 is 0 Å². The van der Waals surface area contributed by atoms with Crippen LogP contribution in [0.2, 0.25) is 10.0 Å². The second kappa shape index (κ2) is 5.06. The van der Waals surface area contributed by atoms with Gasteiger partial charge < -0.3 is 10.4 Å². The van der Waals surface area contributed by atoms with Gasteiger partial charge in [-0.3, -0.25) is 0 Å². The van der Waals surface area contributed by atoms with Gasteiger partial charge in [-0.15, -0.1) is 0 Å². The lowest BCUT2D eigenvalue weighted by Gasteiger charge is -2.17. The third-order valence-corrected chi connectivity index (χ3v) is 2.55. The Kier molecular flexibility index (Phi) is 4.26. The van der Waals surface area contributed by atoms with Crippen molar-refractivity contribution >= 4 is 28.9 Å². The number of anilines is 1. The van der Waals surface area contributed by atoms with Crippen LogP contribution in [0.3, 0.4) is 0 Å². The summed E-state index contributed by atoms with van der Waals surface area (Å²) in [6, 6.07) is 5.26. The number of aliphatic hydroxyl groups is 1. The van der Waals surface area contributed by atoms with E-state index in [-0.39, 0.29) is 0 Å². The number of hydrogen-bond donors (Lipinski definition) is 2. The Hall–Kier alpha value is -0.440. The van der Waals surface area contributed by atoms with Crippen LogP contribution in [0, 0.1) is 0 Å². The quantitative estimate of drug-likeness (QED) is 0.853. The van der Waals surface area contributed by atoms with Gasteiger partial charge in [0.1, 0.15) is 0 Å². The molecule has 0 aliphatic heterocycles. The summed E-state index contributed by atoms with van der Waals surface area (Å²) in [5, 5.41) is 13.9. The van der Waals surface area contributed by atoms with Crippen molar-refractivity contribution in [3.8, 4) is 0 Å². The van der Waals surface area contributed by atoms with E-state index in [1.54, 1.807) is 32.0 Å². The van der Waals surface area contributed by atoms with E-state index in [4.69, 9.17) is 23.2 Å². The van der Waals surface area contributed by atoms with Crippen LogP contribution in [0.15, 0.2) is 18.2 Å². The molecule has 0 radical (unpaired) electrons. The normalized spacial score (nSPS) is 11.5. The molecule has 1 rings (SSSR count). The molecule has 0 amide bonds. The summed E-state index contributed by atoms with van der Waals surface area (Å²) in [7, 11) is 0. The average Bonchev–Trinajstić information content (AvgIpc) is 2.09. The number of benzene rings is 1. The fourth-order valence-corrected chi connectivity index (χ4v) is 1.49. The summed E-state index contributed by atoms with van der Waals surface area (Å²) < 4.78 is 0. The molecule has 1 aromatic rings. The monoisotopic (exact) mass is 247 g/mol. The van der Waals surface area contributed by atoms with Gasteiger partial charge in [0.05, 0.1) is 16.3 Å². The van der Waals surface area contributed by atoms with Gasteiger partial charge in [-0.2, -0.15) is 0 Å². The summed E-state index contributed by atoms with van der Waals surface area (Å²) in [6.45, 7) is 4.20. The molecule has 0 unspecified atom stereocenters. The summed E-state index contributed by atoms with van der Waals surface area (Å²) in [4.78, 5) is 0. The molecule has 0 atom stereocenters. The van der Waals surface area contributed by atoms with Crippen molar-refractivity contribution in [1.29, 1.82) is 0 Å². The predicted molar refractivity (Wildman–Crippen MR) is 65.9 cm³/mol. The molecule has 2 nitrogen and oxygen atoms in total. The first kappa shape index (κ1) is 12.6. The van der Waals surface area contributed by atoms with Crippen molar-refractivity contribution in [1.82, 2.24) is 0 Å². The fraction of sp³-hybridized carbons (Fsp3) is 0.455. The molecule has 0 aliphatic carbocycles. The lowest BCUT2D eigenvalue weighted by molar-refractivity contribution is 0.0749. The van der Waals surface area contributed by atoms with Crippen LogP contribution in [-0.4, -0.2) is 17.3 Å². The summed E-state index contributed by atoms with van der Waals surface area (Å²) in [5.41, 5.74) is 0.131. The molecule has 2 N–H and O–H groups in total. The van der Waals surface area contributed by atoms with Crippen molar-refractivity contribution in [2.75, 3.05) is 11.9 Å². The highest BCUT2D eigenvalue weighted by Crippen LogP contribution is 2.25. The molecule has 0 bridgehead atoms. The Balaban J connectivity index is 2.54. The van der Waals surface area contributed by atoms with E-state index >= 15 is 0 Å². The zero-order chi connectivity index (χ0) is 11.5. The lowest BCUT2D eigenvalue weighted by atomic mass is 10.1. The second-order valence-electron chi connectivity index (χ2n) is 4.11. The summed E-state index contributed by atoms with van der Waals surface area (Å²) in [5.74, 6) is 0. The van der Waals surface area contributed by atoms with E-state index in [0.717, 1.165) is 5.69 Å². The minimum absolute atomic E-state index is 0.634. The third kappa shape index (κ3) is 4.74. The Morgan fingerprint density at radius 1 is 1.33 bits per heavy atom. The van der Waals surface area contributed by atoms with E-state index < -0.39 is 5.60 Å². The predicted octanol–water partition coefficient (Wildman–Crippen LogP) is 3.57. The van der Waals surface area contributed by atoms with Gasteiger partial charge in [-0.25, -0.2) is 0 Å². The molecular weight excluding hydrogens is 233 g/mol. The Morgan fingerprint density at radius 2 is 2.00 bits per heavy atom. The van der Waals surface area contributed by atoms with Gasteiger partial charge in [-0.1, -0.05) is 23.2 Å². The van der Waals surface area contributed by atoms with Crippen molar-refractivity contribution in [2.24, 2.45) is 0 Å². The van der Waals surface area contributed by atoms with E-state index in [1.165, 1.54) is 0 Å². The topological polar surface area (TPSA) is 32.3 Å². The Morgan fingerprint density at radius 3 is 2.60 bits per heavy atom. The zero-order valence-electron chi connectivity index (χ0n) is 8.85. The Bertz CT molecular complexity index is 334. The first-order valence-corrected chi connectivity index (χ1v) is 5.55. The first-order valence-electron chi connectivity index (χ1n) is 4.80. The van der Waals surface area contributed by atoms with Crippen LogP contribution in [0.4, 0.5) is 5.69 Å². The van der Waals surface area contributed by atoms with E-state index in [9.17, 15) is 5.11 Å². The van der Waals surface area contributed by atoms with Crippen molar-refractivity contribution < 1.29 is 5.11 Å². The van der Waals surface area contributed by atoms with Crippen molar-refractivity contribution in [3.63, 3.8) is 0 Å². The standard InChI is InChI=1S/C11H15Cl2NO/c1-11(2,15)5-6-14-10-7-8(12)3-4-9(10)13/h3-4,7,14-15H,5-6H2,1-2H3. The molecule has 0 saturated heterocycles. The fourth-order valence-electron chi connectivity index (χ4n) is 1.14. The number of rotatable bonds is 4. The van der Waals surface area contributed by atoms with Crippen LogP contribution in [0.5, 0.6) is 0 Å². The number of halogens is 2. The SMILES string of the molecule is CC(C)(O)CCNc1cc(Cl)ccc1Cl. The molecule has 0 fully saturated rings. The molecule has 0 aromatic heterocycles. The second-order valence-corrected chi connectivity index (χ2v) is 4.96. The van der Waals surface area contributed by atoms with Gasteiger partial charge in [-0.05, 0) is 38.5 Å². The van der Waals surface area contributed by atoms with Crippen molar-refractivity contribution in [2.45, 2.75) is 25.9 Å². The average molecular weight is 248 g/mol. The number of nitrogens with one attached hydrogen (secondary N) is 1. The summed E-state index contributed by atoms with van der Waals surface area (Å²) in [6.07, 6.45) is 0.649. The van der Waals surface area contributed by atoms with Gasteiger partial charge in [0, 0.05) is 11.6 Å². The molecule has 4 heteroatoms. The molecule has 0 saturated carbocycles. The van der Waals surface area contributed by atoms with Gasteiger partial charge in [0.25, 0.3) is 0 Å². The molecule has 0 aliphatic rings. The molecule has 0 heterocycles. The lowest BCUT2D eigenvalue weighted by Crippen LogP contribution is -2.22. The maximum Gasteiger partial charge on any atom is 0.0638 e. The van der Waals surface area contributed by atoms with Crippen molar-refractivity contribution in [3.05, 3.63) is 28.2 Å². The van der Waals surface area contributed by atoms with Crippen LogP contribution in [0.25, 0.3) is 0 Å². The van der Waals surface area contributed by atoms with Crippen LogP contribution in [-0.2, 0) is 0 Å². The highest BCUT2D eigenvalue weighted by molar-refractivity contribution is 6.35. The van der Waals surface area contributed by atoms with E-state index in [1.807, 2.05) is 0 Å². The van der Waals surface area contributed by atoms with E-state index in [0.29, 0.717) is 23.0 Å². The minimum Gasteiger partial charge on any atom is -0.390 e. The molecular formula is C11H15Cl2NO. The minimum atomic E-state index is -0.669. The van der Waals surface area contributed by atoms with Gasteiger partial charge in [0.2, 0.25) is 0 Å². The zero-order valence-corrected chi connectivity index (χ0v) is 10.4. The summed E-state index contributed by atoms with van der Waals surface area (Å²) >= 11 is 11.8. The molecule has 0 spiro atoms. The maximum atomic E-state index is 9.52. The highest BCUT2D eigenvalue weighted by atomic mass is 35.5. The third-order valence-electron chi connectivity index (χ3n) is 1.98. The highest BCUT2D eigenvalue weighted by Gasteiger charge is 2.11. The van der Waals surface area contributed by atoms with Crippen LogP contribution >= 0.6 is 23.2 Å². The largest absolute Gasteiger partial charge is 0.390 e. The van der Waals surface area contributed by atoms with E-state index in [2.05, 4.69) is 5.32 Å². The molecule has 15 heavy (non-hydrogen) atoms. The van der Waals surface area contributed by atoms with Gasteiger partial charge in [0.15, 0.2) is 0 Å². The smallest absolute Gasteiger partial charge is 0.0638 e. The van der Waals surface area contributed by atoms with Crippen LogP contribution < -0.4 is 5.32 Å². The van der Waals surface area contributed by atoms with Crippen LogP contribution in [0.1, 0.15) is 20.3 Å². The number of hydrogen-bond acceptors (Lipinski definition) is 2. The molecule has 1 aromatic carbocycles.